The van der Waals surface area contributed by atoms with Crippen LogP contribution in [-0.4, -0.2) is 48.0 Å². The van der Waals surface area contributed by atoms with Gasteiger partial charge in [-0.15, -0.1) is 0 Å². The molecule has 1 aromatic heterocycles. The summed E-state index contributed by atoms with van der Waals surface area (Å²) >= 11 is 0. The Balaban J connectivity index is 1.41. The summed E-state index contributed by atoms with van der Waals surface area (Å²) in [6.07, 6.45) is 7.93. The standard InChI is InChI=1S/C26H33N5O2/c1-18(14-19(2)32)20-8-10-23(11-9-20)33-24-12-13-31(17-24)25-21(15-27)16-28-26(29-25)30(3)22-6-4-5-7-22/h8-11,16,18,22,24H,4-7,12-14,17H2,1-3H3/t18-,24-/m1/s1. The third-order valence-corrected chi connectivity index (χ3v) is 6.85. The maximum absolute atomic E-state index is 11.4. The minimum atomic E-state index is 0.0306. The lowest BCUT2D eigenvalue weighted by molar-refractivity contribution is -0.117. The van der Waals surface area contributed by atoms with E-state index >= 15 is 0 Å². The quantitative estimate of drug-likeness (QED) is 0.590. The molecule has 1 aliphatic heterocycles. The molecule has 2 aromatic rings. The van der Waals surface area contributed by atoms with Crippen LogP contribution >= 0.6 is 0 Å². The summed E-state index contributed by atoms with van der Waals surface area (Å²) in [5, 5.41) is 9.62. The maximum atomic E-state index is 11.4. The molecule has 2 heterocycles. The number of hydrogen-bond acceptors (Lipinski definition) is 7. The van der Waals surface area contributed by atoms with Gasteiger partial charge in [-0.3, -0.25) is 0 Å². The van der Waals surface area contributed by atoms with Crippen LogP contribution in [0.2, 0.25) is 0 Å². The Hall–Kier alpha value is -3.14. The average molecular weight is 448 g/mol. The highest BCUT2D eigenvalue weighted by molar-refractivity contribution is 5.76. The molecule has 33 heavy (non-hydrogen) atoms. The Labute approximate surface area is 196 Å². The van der Waals surface area contributed by atoms with E-state index in [-0.39, 0.29) is 17.8 Å². The predicted octanol–water partition coefficient (Wildman–Crippen LogP) is 4.47. The number of ketones is 1. The molecule has 1 saturated heterocycles. The van der Waals surface area contributed by atoms with Gasteiger partial charge in [-0.1, -0.05) is 31.9 Å². The highest BCUT2D eigenvalue weighted by Crippen LogP contribution is 2.29. The van der Waals surface area contributed by atoms with Crippen molar-refractivity contribution < 1.29 is 9.53 Å². The largest absolute Gasteiger partial charge is 0.489 e. The van der Waals surface area contributed by atoms with Crippen LogP contribution in [0.25, 0.3) is 0 Å². The Morgan fingerprint density at radius 3 is 2.67 bits per heavy atom. The normalized spacial score (nSPS) is 19.3. The first-order chi connectivity index (χ1) is 15.9. The van der Waals surface area contributed by atoms with E-state index < -0.39 is 0 Å². The fourth-order valence-corrected chi connectivity index (χ4v) is 4.94. The smallest absolute Gasteiger partial charge is 0.227 e. The molecular formula is C26H33N5O2. The first kappa shape index (κ1) is 23.0. The van der Waals surface area contributed by atoms with Crippen LogP contribution in [0.4, 0.5) is 11.8 Å². The van der Waals surface area contributed by atoms with Gasteiger partial charge in [0, 0.05) is 32.5 Å². The van der Waals surface area contributed by atoms with E-state index in [1.807, 2.05) is 24.3 Å². The number of aromatic nitrogens is 2. The molecule has 174 valence electrons. The third-order valence-electron chi connectivity index (χ3n) is 6.85. The van der Waals surface area contributed by atoms with E-state index in [2.05, 4.69) is 34.8 Å². The molecule has 1 aliphatic carbocycles. The highest BCUT2D eigenvalue weighted by Gasteiger charge is 2.29. The number of carbonyl (C=O) groups is 1. The van der Waals surface area contributed by atoms with Crippen molar-refractivity contribution in [1.29, 1.82) is 5.26 Å². The van der Waals surface area contributed by atoms with Crippen LogP contribution in [0.1, 0.15) is 69.4 Å². The van der Waals surface area contributed by atoms with E-state index in [4.69, 9.17) is 9.72 Å². The molecule has 7 heteroatoms. The minimum Gasteiger partial charge on any atom is -0.489 e. The topological polar surface area (TPSA) is 82.3 Å². The molecule has 4 rings (SSSR count). The number of nitriles is 1. The molecular weight excluding hydrogens is 414 g/mol. The van der Waals surface area contributed by atoms with E-state index in [1.165, 1.54) is 25.7 Å². The number of anilines is 2. The van der Waals surface area contributed by atoms with Crippen LogP contribution in [-0.2, 0) is 4.79 Å². The number of benzene rings is 1. The molecule has 0 bridgehead atoms. The van der Waals surface area contributed by atoms with Crippen molar-refractivity contribution >= 4 is 17.5 Å². The van der Waals surface area contributed by atoms with Crippen LogP contribution in [0.15, 0.2) is 30.5 Å². The van der Waals surface area contributed by atoms with Gasteiger partial charge < -0.3 is 19.3 Å². The first-order valence-corrected chi connectivity index (χ1v) is 12.0. The Morgan fingerprint density at radius 2 is 2.00 bits per heavy atom. The van der Waals surface area contributed by atoms with Crippen molar-refractivity contribution in [3.8, 4) is 11.8 Å². The molecule has 0 N–H and O–H groups in total. The van der Waals surface area contributed by atoms with Crippen LogP contribution in [0.3, 0.4) is 0 Å². The zero-order valence-corrected chi connectivity index (χ0v) is 19.8. The lowest BCUT2D eigenvalue weighted by Gasteiger charge is -2.26. The second-order valence-corrected chi connectivity index (χ2v) is 9.42. The predicted molar refractivity (Wildman–Crippen MR) is 129 cm³/mol. The summed E-state index contributed by atoms with van der Waals surface area (Å²) in [6, 6.07) is 10.8. The fraction of sp³-hybridized carbons (Fsp3) is 0.538. The summed E-state index contributed by atoms with van der Waals surface area (Å²) < 4.78 is 6.23. The third kappa shape index (κ3) is 5.44. The molecule has 0 amide bonds. The fourth-order valence-electron chi connectivity index (χ4n) is 4.94. The molecule has 7 nitrogen and oxygen atoms in total. The lowest BCUT2D eigenvalue weighted by atomic mass is 9.96. The molecule has 2 atom stereocenters. The van der Waals surface area contributed by atoms with Gasteiger partial charge in [0.15, 0.2) is 5.82 Å². The van der Waals surface area contributed by atoms with Gasteiger partial charge in [0.1, 0.15) is 29.3 Å². The van der Waals surface area contributed by atoms with Gasteiger partial charge in [-0.05, 0) is 43.4 Å². The zero-order valence-electron chi connectivity index (χ0n) is 19.8. The molecule has 1 aromatic carbocycles. The lowest BCUT2D eigenvalue weighted by Crippen LogP contribution is -2.32. The second kappa shape index (κ2) is 10.2. The first-order valence-electron chi connectivity index (χ1n) is 12.0. The van der Waals surface area contributed by atoms with E-state index in [0.29, 0.717) is 36.3 Å². The van der Waals surface area contributed by atoms with E-state index in [9.17, 15) is 10.1 Å². The summed E-state index contributed by atoms with van der Waals surface area (Å²) in [5.41, 5.74) is 1.65. The Morgan fingerprint density at radius 1 is 1.27 bits per heavy atom. The minimum absolute atomic E-state index is 0.0306. The van der Waals surface area contributed by atoms with Crippen molar-refractivity contribution in [2.45, 2.75) is 70.4 Å². The van der Waals surface area contributed by atoms with Crippen molar-refractivity contribution in [2.75, 3.05) is 29.9 Å². The molecule has 0 unspecified atom stereocenters. The number of Topliss-reactive ketones (excluding diaryl/α,β-unsaturated/α-hetero) is 1. The Bertz CT molecular complexity index is 1010. The van der Waals surface area contributed by atoms with Crippen LogP contribution in [0.5, 0.6) is 5.75 Å². The number of ether oxygens (including phenoxy) is 1. The van der Waals surface area contributed by atoms with Crippen LogP contribution < -0.4 is 14.5 Å². The van der Waals surface area contributed by atoms with E-state index in [1.54, 1.807) is 13.1 Å². The summed E-state index contributed by atoms with van der Waals surface area (Å²) in [7, 11) is 2.05. The molecule has 1 saturated carbocycles. The number of carbonyl (C=O) groups excluding carboxylic acids is 1. The molecule has 2 aliphatic rings. The van der Waals surface area contributed by atoms with Crippen molar-refractivity contribution in [1.82, 2.24) is 9.97 Å². The van der Waals surface area contributed by atoms with Gasteiger partial charge in [-0.2, -0.15) is 10.2 Å². The SMILES string of the molecule is CC(=O)C[C@@H](C)c1ccc(O[C@@H]2CCN(c3nc(N(C)C4CCCC4)ncc3C#N)C2)cc1. The van der Waals surface area contributed by atoms with Gasteiger partial charge >= 0.3 is 0 Å². The molecule has 2 fully saturated rings. The van der Waals surface area contributed by atoms with Crippen molar-refractivity contribution in [3.63, 3.8) is 0 Å². The summed E-state index contributed by atoms with van der Waals surface area (Å²) in [4.78, 5) is 25.0. The van der Waals surface area contributed by atoms with E-state index in [0.717, 1.165) is 24.3 Å². The second-order valence-electron chi connectivity index (χ2n) is 9.42. The summed E-state index contributed by atoms with van der Waals surface area (Å²) in [6.45, 7) is 5.17. The summed E-state index contributed by atoms with van der Waals surface area (Å²) in [5.74, 6) is 2.62. The average Bonchev–Trinajstić information content (AvgIpc) is 3.51. The van der Waals surface area contributed by atoms with Gasteiger partial charge in [0.2, 0.25) is 5.95 Å². The maximum Gasteiger partial charge on any atom is 0.227 e. The zero-order chi connectivity index (χ0) is 23.4. The highest BCUT2D eigenvalue weighted by atomic mass is 16.5. The Kier molecular flexibility index (Phi) is 7.12. The van der Waals surface area contributed by atoms with Gasteiger partial charge in [0.05, 0.1) is 12.7 Å². The van der Waals surface area contributed by atoms with Crippen molar-refractivity contribution in [3.05, 3.63) is 41.6 Å². The number of hydrogen-bond donors (Lipinski definition) is 0. The van der Waals surface area contributed by atoms with Crippen molar-refractivity contribution in [2.24, 2.45) is 0 Å². The monoisotopic (exact) mass is 447 g/mol. The number of nitrogens with zero attached hydrogens (tertiary/aromatic N) is 5. The molecule has 0 radical (unpaired) electrons. The van der Waals surface area contributed by atoms with Gasteiger partial charge in [0.25, 0.3) is 0 Å². The van der Waals surface area contributed by atoms with Gasteiger partial charge in [-0.25, -0.2) is 4.98 Å². The number of rotatable bonds is 8. The molecule has 0 spiro atoms. The van der Waals surface area contributed by atoms with Crippen LogP contribution in [0, 0.1) is 11.3 Å².